The van der Waals surface area contributed by atoms with Gasteiger partial charge in [-0.3, -0.25) is 4.79 Å². The molecule has 0 bridgehead atoms. The molecule has 21 heavy (non-hydrogen) atoms. The monoisotopic (exact) mass is 286 g/mol. The van der Waals surface area contributed by atoms with Crippen LogP contribution < -0.4 is 0 Å². The second-order valence-electron chi connectivity index (χ2n) is 3.90. The minimum absolute atomic E-state index is 0.141. The van der Waals surface area contributed by atoms with Gasteiger partial charge in [0, 0.05) is 6.08 Å². The van der Waals surface area contributed by atoms with E-state index in [2.05, 4.69) is 13.2 Å². The number of carbonyl (C=O) groups is 2. The van der Waals surface area contributed by atoms with Gasteiger partial charge in [-0.25, -0.2) is 4.79 Å². The van der Waals surface area contributed by atoms with Crippen molar-refractivity contribution in [3.63, 3.8) is 0 Å². The van der Waals surface area contributed by atoms with Crippen molar-refractivity contribution in [3.8, 4) is 0 Å². The van der Waals surface area contributed by atoms with E-state index in [4.69, 9.17) is 10.2 Å². The Morgan fingerprint density at radius 1 is 1.05 bits per heavy atom. The van der Waals surface area contributed by atoms with Crippen molar-refractivity contribution in [2.45, 2.75) is 6.42 Å². The van der Waals surface area contributed by atoms with Gasteiger partial charge in [0.05, 0.1) is 6.42 Å². The Bertz CT molecular complexity index is 539. The molecule has 0 radical (unpaired) electrons. The summed E-state index contributed by atoms with van der Waals surface area (Å²) in [5.74, 6) is -2.01. The molecule has 0 aromatic heterocycles. The third-order valence-electron chi connectivity index (χ3n) is 2.10. The molecule has 0 unspecified atom stereocenters. The summed E-state index contributed by atoms with van der Waals surface area (Å²) in [5, 5.41) is 16.5. The van der Waals surface area contributed by atoms with Crippen LogP contribution in [0.25, 0.3) is 6.08 Å². The topological polar surface area (TPSA) is 74.6 Å². The molecule has 2 N–H and O–H groups in total. The fourth-order valence-electron chi connectivity index (χ4n) is 1.17. The van der Waals surface area contributed by atoms with Gasteiger partial charge in [0.15, 0.2) is 0 Å². The molecule has 0 amide bonds. The van der Waals surface area contributed by atoms with E-state index in [0.29, 0.717) is 5.57 Å². The van der Waals surface area contributed by atoms with E-state index in [1.807, 2.05) is 36.4 Å². The molecule has 4 heteroatoms. The molecule has 1 aromatic rings. The molecular formula is C17H18O4. The van der Waals surface area contributed by atoms with E-state index in [0.717, 1.165) is 6.08 Å². The van der Waals surface area contributed by atoms with Crippen LogP contribution in [0.4, 0.5) is 0 Å². The van der Waals surface area contributed by atoms with Gasteiger partial charge in [-0.2, -0.15) is 0 Å². The largest absolute Gasteiger partial charge is 0.481 e. The van der Waals surface area contributed by atoms with Crippen LogP contribution in [-0.4, -0.2) is 22.2 Å². The lowest BCUT2D eigenvalue weighted by molar-refractivity contribution is -0.136. The summed E-state index contributed by atoms with van der Waals surface area (Å²) < 4.78 is 0. The van der Waals surface area contributed by atoms with Gasteiger partial charge in [-0.1, -0.05) is 67.8 Å². The van der Waals surface area contributed by atoms with Crippen molar-refractivity contribution in [1.82, 2.24) is 0 Å². The van der Waals surface area contributed by atoms with E-state index in [9.17, 15) is 9.59 Å². The van der Waals surface area contributed by atoms with Crippen molar-refractivity contribution in [2.24, 2.45) is 0 Å². The number of rotatable bonds is 6. The summed E-state index contributed by atoms with van der Waals surface area (Å²) in [5.41, 5.74) is 1.59. The lowest BCUT2D eigenvalue weighted by Crippen LogP contribution is -1.94. The molecule has 0 saturated heterocycles. The number of carboxylic acid groups (broad SMARTS) is 2. The summed E-state index contributed by atoms with van der Waals surface area (Å²) in [4.78, 5) is 20.1. The van der Waals surface area contributed by atoms with E-state index in [-0.39, 0.29) is 6.42 Å². The van der Waals surface area contributed by atoms with Crippen LogP contribution in [0.5, 0.6) is 0 Å². The first-order valence-corrected chi connectivity index (χ1v) is 6.10. The lowest BCUT2D eigenvalue weighted by atomic mass is 10.2. The van der Waals surface area contributed by atoms with Crippen LogP contribution in [-0.2, 0) is 9.59 Å². The zero-order chi connectivity index (χ0) is 16.1. The summed E-state index contributed by atoms with van der Waals surface area (Å²) in [6, 6.07) is 10.0. The second kappa shape index (κ2) is 11.0. The SMILES string of the molecule is C=C(C=CC=CC(=O)O)CC(=O)O.C=Cc1ccccc1. The van der Waals surface area contributed by atoms with Gasteiger partial charge in [-0.15, -0.1) is 0 Å². The summed E-state index contributed by atoms with van der Waals surface area (Å²) in [6.45, 7) is 7.09. The molecule has 0 saturated carbocycles. The van der Waals surface area contributed by atoms with Crippen molar-refractivity contribution >= 4 is 18.0 Å². The number of benzene rings is 1. The predicted molar refractivity (Wildman–Crippen MR) is 83.8 cm³/mol. The number of allylic oxidation sites excluding steroid dienone is 3. The summed E-state index contributed by atoms with van der Waals surface area (Å²) in [7, 11) is 0. The van der Waals surface area contributed by atoms with Gasteiger partial charge in [-0.05, 0) is 11.1 Å². The van der Waals surface area contributed by atoms with Crippen LogP contribution in [0.1, 0.15) is 12.0 Å². The minimum Gasteiger partial charge on any atom is -0.481 e. The Balaban J connectivity index is 0.000000423. The van der Waals surface area contributed by atoms with Crippen molar-refractivity contribution in [1.29, 1.82) is 0 Å². The predicted octanol–water partition coefficient (Wildman–Crippen LogP) is 3.54. The first kappa shape index (κ1) is 18.1. The Labute approximate surface area is 124 Å². The first-order valence-electron chi connectivity index (χ1n) is 6.10. The molecule has 1 aromatic carbocycles. The molecular weight excluding hydrogens is 268 g/mol. The smallest absolute Gasteiger partial charge is 0.328 e. The molecule has 110 valence electrons. The molecule has 4 nitrogen and oxygen atoms in total. The Hall–Kier alpha value is -2.88. The first-order chi connectivity index (χ1) is 9.95. The van der Waals surface area contributed by atoms with Gasteiger partial charge in [0.2, 0.25) is 0 Å². The third-order valence-corrected chi connectivity index (χ3v) is 2.10. The van der Waals surface area contributed by atoms with E-state index >= 15 is 0 Å². The zero-order valence-electron chi connectivity index (χ0n) is 11.6. The molecule has 0 aliphatic heterocycles. The normalized spacial score (nSPS) is 9.90. The van der Waals surface area contributed by atoms with Crippen molar-refractivity contribution in [3.05, 3.63) is 78.9 Å². The Morgan fingerprint density at radius 3 is 2.05 bits per heavy atom. The highest BCUT2D eigenvalue weighted by Gasteiger charge is 1.95. The van der Waals surface area contributed by atoms with E-state index in [1.54, 1.807) is 0 Å². The molecule has 0 aliphatic carbocycles. The van der Waals surface area contributed by atoms with E-state index < -0.39 is 11.9 Å². The number of hydrogen-bond donors (Lipinski definition) is 2. The van der Waals surface area contributed by atoms with Crippen LogP contribution in [0, 0.1) is 0 Å². The van der Waals surface area contributed by atoms with Crippen LogP contribution in [0.3, 0.4) is 0 Å². The van der Waals surface area contributed by atoms with Gasteiger partial charge in [0.1, 0.15) is 0 Å². The number of carboxylic acids is 2. The standard InChI is InChI=1S/C9H10O4.C8H8/c1-7(6-9(12)13)4-2-3-5-8(10)11;1-2-8-6-4-3-5-7-8/h2-5H,1,6H2,(H,10,11)(H,12,13);2-7H,1H2. The average Bonchev–Trinajstić information content (AvgIpc) is 2.44. The minimum atomic E-state index is -1.05. The third kappa shape index (κ3) is 11.9. The van der Waals surface area contributed by atoms with Crippen LogP contribution in [0.15, 0.2) is 73.4 Å². The molecule has 1 rings (SSSR count). The van der Waals surface area contributed by atoms with E-state index in [1.165, 1.54) is 23.8 Å². The average molecular weight is 286 g/mol. The summed E-state index contributed by atoms with van der Waals surface area (Å²) >= 11 is 0. The lowest BCUT2D eigenvalue weighted by Gasteiger charge is -1.90. The maximum Gasteiger partial charge on any atom is 0.328 e. The fraction of sp³-hybridized carbons (Fsp3) is 0.0588. The quantitative estimate of drug-likeness (QED) is 0.619. The second-order valence-corrected chi connectivity index (χ2v) is 3.90. The number of hydrogen-bond acceptors (Lipinski definition) is 2. The maximum atomic E-state index is 10.1. The highest BCUT2D eigenvalue weighted by atomic mass is 16.4. The Kier molecular flexibility index (Phi) is 9.48. The number of aliphatic carboxylic acids is 2. The van der Waals surface area contributed by atoms with Crippen molar-refractivity contribution < 1.29 is 19.8 Å². The summed E-state index contributed by atoms with van der Waals surface area (Å²) in [6.07, 6.45) is 6.82. The fourth-order valence-corrected chi connectivity index (χ4v) is 1.17. The van der Waals surface area contributed by atoms with Gasteiger partial charge in [0.25, 0.3) is 0 Å². The molecule has 0 heterocycles. The molecule has 0 spiro atoms. The van der Waals surface area contributed by atoms with Gasteiger partial charge < -0.3 is 10.2 Å². The zero-order valence-corrected chi connectivity index (χ0v) is 11.6. The van der Waals surface area contributed by atoms with Crippen LogP contribution >= 0.6 is 0 Å². The van der Waals surface area contributed by atoms with Gasteiger partial charge >= 0.3 is 11.9 Å². The Morgan fingerprint density at radius 2 is 1.62 bits per heavy atom. The highest BCUT2D eigenvalue weighted by molar-refractivity contribution is 5.80. The molecule has 0 atom stereocenters. The molecule has 0 aliphatic rings. The highest BCUT2D eigenvalue weighted by Crippen LogP contribution is 1.99. The maximum absolute atomic E-state index is 10.1. The van der Waals surface area contributed by atoms with Crippen LogP contribution in [0.2, 0.25) is 0 Å². The van der Waals surface area contributed by atoms with Crippen molar-refractivity contribution in [2.75, 3.05) is 0 Å². The molecule has 0 fully saturated rings.